The molecule has 3 heterocycles. The van der Waals surface area contributed by atoms with Gasteiger partial charge in [-0.05, 0) is 51.2 Å². The second kappa shape index (κ2) is 10.3. The summed E-state index contributed by atoms with van der Waals surface area (Å²) < 4.78 is 7.28. The first-order valence-electron chi connectivity index (χ1n) is 15.0. The van der Waals surface area contributed by atoms with Crippen LogP contribution in [0.1, 0.15) is 84.1 Å². The Hall–Kier alpha value is -3.01. The molecule has 1 atom stereocenters. The Morgan fingerprint density at radius 3 is 2.34 bits per heavy atom. The van der Waals surface area contributed by atoms with E-state index < -0.39 is 5.72 Å². The topological polar surface area (TPSA) is 28.1 Å². The Morgan fingerprint density at radius 1 is 0.816 bits per heavy atom. The molecule has 3 aromatic rings. The minimum Gasteiger partial charge on any atom is -0.459 e. The first-order chi connectivity index (χ1) is 18.6. The van der Waals surface area contributed by atoms with E-state index in [0.717, 1.165) is 37.5 Å². The summed E-state index contributed by atoms with van der Waals surface area (Å²) in [6, 6.07) is 19.9. The van der Waals surface area contributed by atoms with Crippen molar-refractivity contribution in [3.05, 3.63) is 60.2 Å². The van der Waals surface area contributed by atoms with Gasteiger partial charge in [-0.1, -0.05) is 81.5 Å². The molecule has 0 N–H and O–H groups in total. The lowest BCUT2D eigenvalue weighted by atomic mass is 9.77. The van der Waals surface area contributed by atoms with Gasteiger partial charge in [-0.3, -0.25) is 4.99 Å². The van der Waals surface area contributed by atoms with Gasteiger partial charge >= 0.3 is 0 Å². The van der Waals surface area contributed by atoms with Crippen LogP contribution in [0.3, 0.4) is 0 Å². The number of ether oxygens (including phenoxy) is 1. The van der Waals surface area contributed by atoms with Crippen molar-refractivity contribution in [1.29, 1.82) is 0 Å². The summed E-state index contributed by atoms with van der Waals surface area (Å²) in [7, 11) is 0. The van der Waals surface area contributed by atoms with Crippen molar-refractivity contribution in [2.45, 2.75) is 89.7 Å². The van der Waals surface area contributed by atoms with E-state index in [-0.39, 0.29) is 5.41 Å². The van der Waals surface area contributed by atoms with Crippen molar-refractivity contribution in [2.75, 3.05) is 29.4 Å². The van der Waals surface area contributed by atoms with Crippen molar-refractivity contribution in [3.8, 4) is 5.75 Å². The van der Waals surface area contributed by atoms with Crippen LogP contribution in [0.2, 0.25) is 0 Å². The maximum absolute atomic E-state index is 7.28. The fraction of sp³-hybridized carbons (Fsp3) is 0.500. The van der Waals surface area contributed by atoms with Crippen LogP contribution in [0.25, 0.3) is 10.8 Å². The van der Waals surface area contributed by atoms with Crippen molar-refractivity contribution < 1.29 is 4.74 Å². The van der Waals surface area contributed by atoms with Crippen molar-refractivity contribution >= 4 is 34.0 Å². The molecule has 3 aliphatic heterocycles. The highest BCUT2D eigenvalue weighted by atomic mass is 16.5. The predicted octanol–water partition coefficient (Wildman–Crippen LogP) is 8.78. The van der Waals surface area contributed by atoms with Gasteiger partial charge in [-0.25, -0.2) is 0 Å². The van der Waals surface area contributed by atoms with Crippen LogP contribution in [0.4, 0.5) is 17.1 Å². The fourth-order valence-corrected chi connectivity index (χ4v) is 6.97. The summed E-state index contributed by atoms with van der Waals surface area (Å²) in [4.78, 5) is 10.3. The van der Waals surface area contributed by atoms with Crippen LogP contribution in [0, 0.1) is 0 Å². The summed E-state index contributed by atoms with van der Waals surface area (Å²) in [6.45, 7) is 10.1. The average Bonchev–Trinajstić information content (AvgIpc) is 3.13. The molecule has 3 aromatic carbocycles. The molecule has 0 saturated carbocycles. The van der Waals surface area contributed by atoms with E-state index in [1.807, 2.05) is 0 Å². The molecule has 200 valence electrons. The number of unbranched alkanes of at least 4 members (excludes halogenated alkanes) is 5. The van der Waals surface area contributed by atoms with Gasteiger partial charge in [0.25, 0.3) is 0 Å². The third kappa shape index (κ3) is 4.08. The van der Waals surface area contributed by atoms with Crippen LogP contribution >= 0.6 is 0 Å². The Morgan fingerprint density at radius 2 is 1.53 bits per heavy atom. The van der Waals surface area contributed by atoms with Crippen molar-refractivity contribution in [3.63, 3.8) is 0 Å². The summed E-state index contributed by atoms with van der Waals surface area (Å²) in [5.41, 5.74) is 4.01. The second-order valence-corrected chi connectivity index (χ2v) is 12.0. The Kier molecular flexibility index (Phi) is 6.84. The van der Waals surface area contributed by atoms with Gasteiger partial charge in [0, 0.05) is 47.8 Å². The molecule has 1 unspecified atom stereocenters. The smallest absolute Gasteiger partial charge is 0.228 e. The highest BCUT2D eigenvalue weighted by Gasteiger charge is 2.59. The number of anilines is 2. The van der Waals surface area contributed by atoms with Crippen LogP contribution in [0.15, 0.2) is 59.6 Å². The highest BCUT2D eigenvalue weighted by molar-refractivity contribution is 6.06. The van der Waals surface area contributed by atoms with Gasteiger partial charge in [0.15, 0.2) is 5.75 Å². The molecular weight excluding hydrogens is 466 g/mol. The van der Waals surface area contributed by atoms with E-state index in [9.17, 15) is 0 Å². The maximum Gasteiger partial charge on any atom is 0.228 e. The first kappa shape index (κ1) is 25.3. The molecule has 0 radical (unpaired) electrons. The van der Waals surface area contributed by atoms with E-state index in [4.69, 9.17) is 9.73 Å². The molecule has 0 bridgehead atoms. The molecule has 1 spiro atoms. The summed E-state index contributed by atoms with van der Waals surface area (Å²) >= 11 is 0. The maximum atomic E-state index is 7.28. The van der Waals surface area contributed by atoms with E-state index in [2.05, 4.69) is 91.4 Å². The van der Waals surface area contributed by atoms with Gasteiger partial charge in [0.1, 0.15) is 5.69 Å². The number of para-hydroxylation sites is 1. The van der Waals surface area contributed by atoms with Gasteiger partial charge in [0.05, 0.1) is 11.6 Å². The first-order valence-corrected chi connectivity index (χ1v) is 15.0. The van der Waals surface area contributed by atoms with Crippen molar-refractivity contribution in [2.24, 2.45) is 4.99 Å². The molecule has 1 saturated heterocycles. The van der Waals surface area contributed by atoms with Crippen LogP contribution in [-0.2, 0) is 5.41 Å². The number of hydrogen-bond acceptors (Lipinski definition) is 4. The largest absolute Gasteiger partial charge is 0.459 e. The number of nitrogens with zero attached hydrogens (tertiary/aromatic N) is 3. The van der Waals surface area contributed by atoms with Crippen LogP contribution in [-0.4, -0.2) is 31.6 Å². The van der Waals surface area contributed by atoms with E-state index in [1.54, 1.807) is 0 Å². The Labute approximate surface area is 228 Å². The average molecular weight is 510 g/mol. The summed E-state index contributed by atoms with van der Waals surface area (Å²) in [6.07, 6.45) is 13.6. The van der Waals surface area contributed by atoms with E-state index in [0.29, 0.717) is 0 Å². The van der Waals surface area contributed by atoms with E-state index in [1.165, 1.54) is 79.1 Å². The Balaban J connectivity index is 1.40. The molecule has 3 aliphatic rings. The summed E-state index contributed by atoms with van der Waals surface area (Å²) in [5, 5.41) is 2.47. The van der Waals surface area contributed by atoms with Crippen molar-refractivity contribution in [1.82, 2.24) is 0 Å². The van der Waals surface area contributed by atoms with E-state index >= 15 is 0 Å². The molecule has 4 heteroatoms. The van der Waals surface area contributed by atoms with Gasteiger partial charge in [-0.15, -0.1) is 0 Å². The second-order valence-electron chi connectivity index (χ2n) is 12.0. The van der Waals surface area contributed by atoms with Gasteiger partial charge in [0.2, 0.25) is 5.72 Å². The normalized spacial score (nSPS) is 21.6. The molecule has 0 aliphatic carbocycles. The van der Waals surface area contributed by atoms with Crippen LogP contribution in [0.5, 0.6) is 5.75 Å². The SMILES string of the molecule is CCCCCCCCN1c2ccccc2C(C)(C)C12C=Nc1c(cc(N3CCCCC3)c3ccccc13)O2. The monoisotopic (exact) mass is 509 g/mol. The lowest BCUT2D eigenvalue weighted by molar-refractivity contribution is 0.0775. The standard InChI is InChI=1S/C34H43N3O/c1-4-5-6-7-8-16-23-37-29-20-13-12-19-28(29)33(2,3)34(37)25-35-32-27-18-11-10-17-26(27)30(24-31(32)38-34)36-21-14-9-15-22-36/h10-13,17-20,24-25H,4-9,14-16,21-23H2,1-3H3. The molecule has 6 rings (SSSR count). The van der Waals surface area contributed by atoms with Gasteiger partial charge < -0.3 is 14.5 Å². The highest BCUT2D eigenvalue weighted by Crippen LogP contribution is 2.55. The fourth-order valence-electron chi connectivity index (χ4n) is 6.97. The summed E-state index contributed by atoms with van der Waals surface area (Å²) in [5.74, 6) is 0.917. The zero-order valence-corrected chi connectivity index (χ0v) is 23.5. The molecule has 1 fully saturated rings. The minimum absolute atomic E-state index is 0.246. The molecule has 0 aromatic heterocycles. The molecule has 4 nitrogen and oxygen atoms in total. The zero-order valence-electron chi connectivity index (χ0n) is 23.5. The third-order valence-corrected chi connectivity index (χ3v) is 9.19. The Bertz CT molecular complexity index is 1320. The lowest BCUT2D eigenvalue weighted by Gasteiger charge is -2.46. The number of fused-ring (bicyclic) bond motifs is 4. The third-order valence-electron chi connectivity index (χ3n) is 9.19. The molecule has 0 amide bonds. The van der Waals surface area contributed by atoms with Crippen LogP contribution < -0.4 is 14.5 Å². The number of hydrogen-bond donors (Lipinski definition) is 0. The molecule has 38 heavy (non-hydrogen) atoms. The number of benzene rings is 3. The minimum atomic E-state index is -0.644. The number of piperidine rings is 1. The lowest BCUT2D eigenvalue weighted by Crippen LogP contribution is -2.62. The quantitative estimate of drug-likeness (QED) is 0.284. The molecular formula is C34H43N3O. The number of aliphatic imine (C=N–C) groups is 1. The predicted molar refractivity (Wildman–Crippen MR) is 162 cm³/mol. The zero-order chi connectivity index (χ0) is 26.2. The van der Waals surface area contributed by atoms with Gasteiger partial charge in [-0.2, -0.15) is 0 Å². The number of rotatable bonds is 8.